The van der Waals surface area contributed by atoms with Crippen molar-refractivity contribution in [1.82, 2.24) is 0 Å². The summed E-state index contributed by atoms with van der Waals surface area (Å²) in [6, 6.07) is 0. The van der Waals surface area contributed by atoms with Crippen LogP contribution in [0, 0.1) is 0 Å². The maximum absolute atomic E-state index is 6.65. The molecule has 0 amide bonds. The van der Waals surface area contributed by atoms with Crippen LogP contribution in [-0.2, 0) is 33.2 Å². The van der Waals surface area contributed by atoms with E-state index in [1.807, 2.05) is 0 Å². The molecule has 0 radical (unpaired) electrons. The third-order valence-corrected chi connectivity index (χ3v) is 12.7. The van der Waals surface area contributed by atoms with Gasteiger partial charge in [-0.05, 0) is 102 Å². The van der Waals surface area contributed by atoms with Crippen LogP contribution in [0.25, 0.3) is 0 Å². The summed E-state index contributed by atoms with van der Waals surface area (Å²) < 4.78 is 44.7. The molecule has 0 heterocycles. The average molecular weight is 952 g/mol. The molecule has 400 valence electrons. The quantitative estimate of drug-likeness (QED) is 0.0342. The Morgan fingerprint density at radius 1 is 0.254 bits per heavy atom. The van der Waals surface area contributed by atoms with Crippen molar-refractivity contribution in [3.8, 4) is 0 Å². The van der Waals surface area contributed by atoms with Gasteiger partial charge >= 0.3 is 0 Å². The second kappa shape index (κ2) is 57.8. The van der Waals surface area contributed by atoms with Crippen LogP contribution in [0.4, 0.5) is 0 Å². The molecular weight excluding hydrogens is 833 g/mol. The van der Waals surface area contributed by atoms with Crippen molar-refractivity contribution in [2.24, 2.45) is 0 Å². The van der Waals surface area contributed by atoms with E-state index in [1.165, 1.54) is 167 Å². The first-order valence-electron chi connectivity index (χ1n) is 29.8. The molecule has 0 aromatic rings. The molecule has 0 aromatic carbocycles. The summed E-state index contributed by atoms with van der Waals surface area (Å²) >= 11 is 0. The molecule has 0 rings (SSSR count). The van der Waals surface area contributed by atoms with Crippen molar-refractivity contribution >= 4 is 0 Å². The highest BCUT2D eigenvalue weighted by Crippen LogP contribution is 2.17. The number of unbranched alkanes of at least 4 members (excludes halogenated alkanes) is 30. The van der Waals surface area contributed by atoms with Gasteiger partial charge in [0.1, 0.15) is 0 Å². The van der Waals surface area contributed by atoms with E-state index in [-0.39, 0.29) is 12.6 Å². The van der Waals surface area contributed by atoms with Gasteiger partial charge in [0.05, 0.1) is 13.2 Å². The highest BCUT2D eigenvalue weighted by molar-refractivity contribution is 4.90. The number of allylic oxidation sites excluding steroid dienone is 2. The standard InChI is InChI=1S/C60H118O7/c1-7-13-19-25-35-45-55-65-59(49-39-29-27-37-47-57(61-51-41-31-21-15-9-3)62-52-42-32-22-16-10-4)67-60(66-56-46-36-26-20-14-8-2)50-40-30-28-38-48-58(63-53-43-33-23-17-11-5)64-54-44-34-24-18-12-6/h39-40,49-50,57-60H,7-38,41-48,51-56H2,1-6H3. The van der Waals surface area contributed by atoms with Gasteiger partial charge < -0.3 is 33.2 Å². The first-order chi connectivity index (χ1) is 33.1. The largest absolute Gasteiger partial charge is 0.353 e. The molecule has 2 atom stereocenters. The fourth-order valence-corrected chi connectivity index (χ4v) is 8.25. The Morgan fingerprint density at radius 3 is 0.761 bits per heavy atom. The maximum atomic E-state index is 6.65. The predicted octanol–water partition coefficient (Wildman–Crippen LogP) is 19.2. The van der Waals surface area contributed by atoms with E-state index >= 15 is 0 Å². The van der Waals surface area contributed by atoms with Crippen LogP contribution in [-0.4, -0.2) is 64.8 Å². The lowest BCUT2D eigenvalue weighted by Crippen LogP contribution is -2.25. The van der Waals surface area contributed by atoms with E-state index in [0.29, 0.717) is 13.2 Å². The molecular formula is C60H118O7. The van der Waals surface area contributed by atoms with E-state index < -0.39 is 12.6 Å². The van der Waals surface area contributed by atoms with Crippen LogP contribution >= 0.6 is 0 Å². The summed E-state index contributed by atoms with van der Waals surface area (Å²) in [5.41, 5.74) is 0. The Balaban J connectivity index is 5.48. The van der Waals surface area contributed by atoms with Crippen molar-refractivity contribution < 1.29 is 33.2 Å². The smallest absolute Gasteiger partial charge is 0.180 e. The minimum absolute atomic E-state index is 0.0901. The van der Waals surface area contributed by atoms with Crippen molar-refractivity contribution in [3.05, 3.63) is 24.3 Å². The monoisotopic (exact) mass is 951 g/mol. The summed E-state index contributed by atoms with van der Waals surface area (Å²) in [6.07, 6.45) is 55.8. The Hall–Kier alpha value is -0.800. The van der Waals surface area contributed by atoms with Crippen LogP contribution in [0.15, 0.2) is 24.3 Å². The number of ether oxygens (including phenoxy) is 7. The first-order valence-corrected chi connectivity index (χ1v) is 29.8. The van der Waals surface area contributed by atoms with Crippen LogP contribution in [0.1, 0.15) is 298 Å². The Morgan fingerprint density at radius 2 is 0.493 bits per heavy atom. The molecule has 0 saturated carbocycles. The number of hydrogen-bond acceptors (Lipinski definition) is 7. The molecule has 7 heteroatoms. The fraction of sp³-hybridized carbons (Fsp3) is 0.933. The molecule has 0 fully saturated rings. The summed E-state index contributed by atoms with van der Waals surface area (Å²) in [4.78, 5) is 0. The van der Waals surface area contributed by atoms with Crippen LogP contribution in [0.2, 0.25) is 0 Å². The van der Waals surface area contributed by atoms with Crippen molar-refractivity contribution in [3.63, 3.8) is 0 Å². The maximum Gasteiger partial charge on any atom is 0.180 e. The summed E-state index contributed by atoms with van der Waals surface area (Å²) in [5.74, 6) is 0. The summed E-state index contributed by atoms with van der Waals surface area (Å²) in [6.45, 7) is 18.3. The minimum atomic E-state index is -0.436. The van der Waals surface area contributed by atoms with Gasteiger partial charge in [0.25, 0.3) is 0 Å². The van der Waals surface area contributed by atoms with Gasteiger partial charge in [0.15, 0.2) is 25.2 Å². The zero-order valence-corrected chi connectivity index (χ0v) is 46.0. The lowest BCUT2D eigenvalue weighted by Gasteiger charge is -2.22. The Labute approximate surface area is 419 Å². The van der Waals surface area contributed by atoms with Gasteiger partial charge in [0.2, 0.25) is 0 Å². The molecule has 67 heavy (non-hydrogen) atoms. The minimum Gasteiger partial charge on any atom is -0.353 e. The molecule has 0 spiro atoms. The van der Waals surface area contributed by atoms with Crippen LogP contribution < -0.4 is 0 Å². The molecule has 0 aliphatic carbocycles. The van der Waals surface area contributed by atoms with E-state index in [1.54, 1.807) is 0 Å². The molecule has 0 bridgehead atoms. The molecule has 0 aliphatic heterocycles. The van der Waals surface area contributed by atoms with E-state index in [0.717, 1.165) is 116 Å². The highest BCUT2D eigenvalue weighted by atomic mass is 16.8. The molecule has 0 aromatic heterocycles. The predicted molar refractivity (Wildman–Crippen MR) is 289 cm³/mol. The van der Waals surface area contributed by atoms with Gasteiger partial charge in [0, 0.05) is 26.4 Å². The Bertz CT molecular complexity index is 853. The number of rotatable bonds is 58. The molecule has 0 N–H and O–H groups in total. The van der Waals surface area contributed by atoms with Gasteiger partial charge in [-0.25, -0.2) is 0 Å². The molecule has 2 unspecified atom stereocenters. The number of hydrogen-bond donors (Lipinski definition) is 0. The van der Waals surface area contributed by atoms with E-state index in [4.69, 9.17) is 33.2 Å². The average Bonchev–Trinajstić information content (AvgIpc) is 3.33. The van der Waals surface area contributed by atoms with Crippen molar-refractivity contribution in [2.75, 3.05) is 39.6 Å². The SMILES string of the molecule is CCCCCCCCOC(C=CCCCCC(OCCCCCCC)OCCCCCCC)OC(C=CCCCCC(OCCCCCCC)OCCCCCCC)OCCCCCCCC. The lowest BCUT2D eigenvalue weighted by atomic mass is 10.1. The van der Waals surface area contributed by atoms with Gasteiger partial charge in [-0.3, -0.25) is 0 Å². The highest BCUT2D eigenvalue weighted by Gasteiger charge is 2.15. The fourth-order valence-electron chi connectivity index (χ4n) is 8.25. The second-order valence-electron chi connectivity index (χ2n) is 19.6. The van der Waals surface area contributed by atoms with Gasteiger partial charge in [-0.2, -0.15) is 0 Å². The molecule has 0 saturated heterocycles. The van der Waals surface area contributed by atoms with Crippen molar-refractivity contribution in [2.45, 2.75) is 324 Å². The van der Waals surface area contributed by atoms with Gasteiger partial charge in [-0.1, -0.05) is 221 Å². The van der Waals surface area contributed by atoms with E-state index in [9.17, 15) is 0 Å². The van der Waals surface area contributed by atoms with Crippen LogP contribution in [0.3, 0.4) is 0 Å². The lowest BCUT2D eigenvalue weighted by molar-refractivity contribution is -0.208. The third kappa shape index (κ3) is 51.4. The topological polar surface area (TPSA) is 64.6 Å². The third-order valence-electron chi connectivity index (χ3n) is 12.7. The van der Waals surface area contributed by atoms with Crippen molar-refractivity contribution in [1.29, 1.82) is 0 Å². The van der Waals surface area contributed by atoms with Gasteiger partial charge in [-0.15, -0.1) is 0 Å². The van der Waals surface area contributed by atoms with Crippen LogP contribution in [0.5, 0.6) is 0 Å². The normalized spacial score (nSPS) is 13.1. The zero-order valence-electron chi connectivity index (χ0n) is 46.0. The zero-order chi connectivity index (χ0) is 48.6. The molecule has 7 nitrogen and oxygen atoms in total. The van der Waals surface area contributed by atoms with E-state index in [2.05, 4.69) is 65.8 Å². The first kappa shape index (κ1) is 66.2. The summed E-state index contributed by atoms with van der Waals surface area (Å²) in [7, 11) is 0. The second-order valence-corrected chi connectivity index (χ2v) is 19.6. The Kier molecular flexibility index (Phi) is 57.1. The molecule has 0 aliphatic rings. The summed E-state index contributed by atoms with van der Waals surface area (Å²) in [5, 5.41) is 0.